The highest BCUT2D eigenvalue weighted by molar-refractivity contribution is 6.41. The first-order valence-corrected chi connectivity index (χ1v) is 28.6. The van der Waals surface area contributed by atoms with Crippen LogP contribution in [0.2, 0.25) is 0 Å². The quantitative estimate of drug-likeness (QED) is 0.0168. The van der Waals surface area contributed by atoms with E-state index in [9.17, 15) is 33.3 Å². The van der Waals surface area contributed by atoms with Gasteiger partial charge in [-0.2, -0.15) is 23.1 Å². The number of phenols is 3. The maximum absolute atomic E-state index is 17.2. The number of anilines is 2. The van der Waals surface area contributed by atoms with E-state index < -0.39 is 29.7 Å². The van der Waals surface area contributed by atoms with E-state index in [1.807, 2.05) is 26.0 Å². The minimum Gasteiger partial charge on any atom is -0.508 e. The number of nitrogens with zero attached hydrogens (tertiary/aromatic N) is 8. The number of aromatic nitrogens is 3. The number of aldehydes is 1. The number of hydrogen-bond donors (Lipinski definition) is 7. The highest BCUT2D eigenvalue weighted by Crippen LogP contribution is 2.47. The van der Waals surface area contributed by atoms with Gasteiger partial charge in [0, 0.05) is 105 Å². The number of benzene rings is 4. The number of piperazine rings is 2. The number of carbonyl (C=O) groups excluding carboxylic acids is 1. The van der Waals surface area contributed by atoms with E-state index >= 15 is 8.78 Å². The molecule has 6 heterocycles. The molecule has 3 unspecified atom stereocenters. The maximum atomic E-state index is 17.2. The summed E-state index contributed by atoms with van der Waals surface area (Å²) < 4.78 is 72.9. The average molecular weight is 1160 g/mol. The van der Waals surface area contributed by atoms with Crippen LogP contribution in [0, 0.1) is 40.2 Å². The van der Waals surface area contributed by atoms with Crippen molar-refractivity contribution in [1.29, 1.82) is 10.8 Å². The number of terminal acetylenes is 1. The van der Waals surface area contributed by atoms with Crippen LogP contribution in [0.25, 0.3) is 32.9 Å². The van der Waals surface area contributed by atoms with Crippen molar-refractivity contribution in [1.82, 2.24) is 40.3 Å². The lowest BCUT2D eigenvalue weighted by molar-refractivity contribution is -0.150. The van der Waals surface area contributed by atoms with Gasteiger partial charge in [0.2, 0.25) is 0 Å². The lowest BCUT2D eigenvalue weighted by Gasteiger charge is -2.43. The minimum atomic E-state index is -4.10. The molecule has 7 N–H and O–H groups in total. The van der Waals surface area contributed by atoms with Crippen molar-refractivity contribution in [2.45, 2.75) is 102 Å². The molecule has 3 atom stereocenters. The van der Waals surface area contributed by atoms with Gasteiger partial charge in [0.15, 0.2) is 17.9 Å². The topological polar surface area (TPSA) is 214 Å². The molecule has 6 aromatic rings. The number of alkyl halides is 3. The van der Waals surface area contributed by atoms with Crippen LogP contribution in [-0.2, 0) is 11.3 Å². The number of pyridine rings is 1. The number of fused-ring (bicyclic) bond motifs is 4. The number of nitrogens with one attached hydrogen (secondary N) is 4. The SMILES string of the molecule is C#Cc1c(F)ccc2cc(O)cc(-c3ncc4c(N5CC6CCC(C5)N6)nc(OCC5(CN6CCN(C7CCN(Cc8ccc(N(C(=N)C=O)C(=N)c9cc(C(C)C)c(O)cc9O)cc8)CC7)CC6)CC5)nc4c3F)c12.CNC(C)C(F)(F)F. The zero-order chi connectivity index (χ0) is 59.8. The number of ether oxygens (including phenoxy) is 1. The molecular formula is C62H71F5N12O5. The van der Waals surface area contributed by atoms with Crippen LogP contribution in [0.1, 0.15) is 87.5 Å². The Kier molecular flexibility index (Phi) is 17.4. The molecule has 4 saturated heterocycles. The van der Waals surface area contributed by atoms with Gasteiger partial charge in [-0.1, -0.05) is 38.0 Å². The van der Waals surface area contributed by atoms with Crippen LogP contribution < -0.4 is 25.2 Å². The predicted octanol–water partition coefficient (Wildman–Crippen LogP) is 8.89. The van der Waals surface area contributed by atoms with Gasteiger partial charge in [-0.05, 0) is 124 Å². The number of halogens is 5. The molecule has 0 amide bonds. The molecule has 17 nitrogen and oxygen atoms in total. The first kappa shape index (κ1) is 59.6. The molecule has 11 rings (SSSR count). The van der Waals surface area contributed by atoms with Crippen molar-refractivity contribution in [3.05, 3.63) is 101 Å². The van der Waals surface area contributed by atoms with Crippen molar-refractivity contribution < 1.29 is 46.8 Å². The summed E-state index contributed by atoms with van der Waals surface area (Å²) in [6, 6.07) is 15.5. The Balaban J connectivity index is 0.000000917. The third-order valence-electron chi connectivity index (χ3n) is 17.2. The molecule has 1 aliphatic carbocycles. The van der Waals surface area contributed by atoms with E-state index in [0.717, 1.165) is 103 Å². The number of amidine groups is 2. The standard InChI is InChI=1S/C58H63F2N11O5.C4H8F3N/c1-4-42-47(59)12-7-36-23-41(73)24-45(51(36)42)53-52(60)54-46(27-63-53)56(70-29-37-8-9-38(30-70)64-37)66-57(65-54)76-33-58(15-16-58)32-68-19-21-69(22-20-68)39-13-17-67(18-14-39)28-35-5-10-40(11-6-35)71(50(61)31-72)55(62)44-25-43(34(2)3)48(74)26-49(44)75;1-3(8-2)4(5,6)7/h1,5-7,10-12,23-27,31,34,37-39,61-62,64,73-75H,8-9,13-22,28-30,32-33H2,2-3H3;3,8H,1-2H3. The Hall–Kier alpha value is -7.55. The van der Waals surface area contributed by atoms with Crippen LogP contribution in [0.3, 0.4) is 0 Å². The Bertz CT molecular complexity index is 3470. The number of phenolic OH excluding ortho intramolecular Hbond substituents is 3. The summed E-state index contributed by atoms with van der Waals surface area (Å²) in [5, 5.41) is 56.0. The van der Waals surface area contributed by atoms with Crippen LogP contribution in [0.5, 0.6) is 23.3 Å². The number of hydrogen-bond acceptors (Lipinski definition) is 16. The second-order valence-electron chi connectivity index (χ2n) is 23.3. The van der Waals surface area contributed by atoms with Gasteiger partial charge in [0.1, 0.15) is 52.0 Å². The van der Waals surface area contributed by atoms with Gasteiger partial charge in [-0.15, -0.1) is 6.42 Å². The average Bonchev–Trinajstić information content (AvgIpc) is 1.12. The molecule has 84 heavy (non-hydrogen) atoms. The second-order valence-corrected chi connectivity index (χ2v) is 23.3. The third kappa shape index (κ3) is 12.8. The summed E-state index contributed by atoms with van der Waals surface area (Å²) in [7, 11) is 1.28. The molecule has 5 aliphatic rings. The molecule has 2 bridgehead atoms. The van der Waals surface area contributed by atoms with E-state index in [-0.39, 0.29) is 85.8 Å². The summed E-state index contributed by atoms with van der Waals surface area (Å²) in [6.45, 7) is 14.0. The minimum absolute atomic E-state index is 0.0307. The van der Waals surface area contributed by atoms with Gasteiger partial charge in [0.05, 0.1) is 23.1 Å². The number of likely N-dealkylation sites (tertiary alicyclic amines) is 1. The molecule has 0 radical (unpaired) electrons. The fourth-order valence-corrected chi connectivity index (χ4v) is 12.2. The third-order valence-corrected chi connectivity index (χ3v) is 17.2. The largest absolute Gasteiger partial charge is 0.508 e. The first-order chi connectivity index (χ1) is 40.2. The zero-order valence-electron chi connectivity index (χ0n) is 47.5. The van der Waals surface area contributed by atoms with Gasteiger partial charge < -0.3 is 40.5 Å². The van der Waals surface area contributed by atoms with E-state index in [0.29, 0.717) is 59.9 Å². The van der Waals surface area contributed by atoms with Crippen molar-refractivity contribution in [3.8, 4) is 46.9 Å². The fraction of sp³-hybridized carbons (Fsp3) is 0.452. The van der Waals surface area contributed by atoms with E-state index in [1.54, 1.807) is 18.3 Å². The monoisotopic (exact) mass is 1160 g/mol. The van der Waals surface area contributed by atoms with Crippen molar-refractivity contribution >= 4 is 51.1 Å². The van der Waals surface area contributed by atoms with Crippen LogP contribution >= 0.6 is 0 Å². The summed E-state index contributed by atoms with van der Waals surface area (Å²) in [4.78, 5) is 37.1. The Labute approximate surface area is 484 Å². The highest BCUT2D eigenvalue weighted by atomic mass is 19.4. The number of aromatic hydroxyl groups is 3. The van der Waals surface area contributed by atoms with Gasteiger partial charge in [-0.25, -0.2) is 8.78 Å². The summed E-state index contributed by atoms with van der Waals surface area (Å²) in [5.41, 5.74) is 2.13. The molecular weight excluding hydrogens is 1090 g/mol. The van der Waals surface area contributed by atoms with Crippen LogP contribution in [0.15, 0.2) is 66.9 Å². The fourth-order valence-electron chi connectivity index (χ4n) is 12.2. The Morgan fingerprint density at radius 2 is 1.61 bits per heavy atom. The summed E-state index contributed by atoms with van der Waals surface area (Å²) in [5.74, 6) is 0.293. The molecule has 4 aromatic carbocycles. The molecule has 0 spiro atoms. The lowest BCUT2D eigenvalue weighted by atomic mass is 9.96. The normalized spacial score (nSPS) is 19.7. The van der Waals surface area contributed by atoms with E-state index in [2.05, 4.69) is 41.1 Å². The molecule has 22 heteroatoms. The molecule has 5 fully saturated rings. The predicted molar refractivity (Wildman–Crippen MR) is 313 cm³/mol. The smallest absolute Gasteiger partial charge is 0.403 e. The van der Waals surface area contributed by atoms with Crippen LogP contribution in [-0.4, -0.2) is 166 Å². The maximum Gasteiger partial charge on any atom is 0.403 e. The zero-order valence-corrected chi connectivity index (χ0v) is 47.5. The van der Waals surface area contributed by atoms with Crippen molar-refractivity contribution in [2.75, 3.05) is 82.4 Å². The first-order valence-electron chi connectivity index (χ1n) is 28.6. The molecule has 2 aromatic heterocycles. The van der Waals surface area contributed by atoms with Gasteiger partial charge in [-0.3, -0.25) is 35.3 Å². The lowest BCUT2D eigenvalue weighted by Crippen LogP contribution is -2.54. The van der Waals surface area contributed by atoms with Crippen molar-refractivity contribution in [2.24, 2.45) is 5.41 Å². The summed E-state index contributed by atoms with van der Waals surface area (Å²) >= 11 is 0. The number of carbonyl (C=O) groups is 1. The van der Waals surface area contributed by atoms with Crippen molar-refractivity contribution in [3.63, 3.8) is 0 Å². The van der Waals surface area contributed by atoms with Gasteiger partial charge in [0.25, 0.3) is 0 Å². The molecule has 444 valence electrons. The molecule has 1 saturated carbocycles. The highest BCUT2D eigenvalue weighted by Gasteiger charge is 2.46. The number of rotatable bonds is 15. The second kappa shape index (κ2) is 24.6. The Morgan fingerprint density at radius 1 is 0.917 bits per heavy atom. The summed E-state index contributed by atoms with van der Waals surface area (Å²) in [6.07, 6.45) is 9.82. The van der Waals surface area contributed by atoms with E-state index in [4.69, 9.17) is 31.9 Å². The van der Waals surface area contributed by atoms with E-state index in [1.165, 1.54) is 48.3 Å². The molecule has 4 aliphatic heterocycles. The van der Waals surface area contributed by atoms with Crippen LogP contribution in [0.4, 0.5) is 33.5 Å². The Morgan fingerprint density at radius 3 is 2.21 bits per heavy atom. The van der Waals surface area contributed by atoms with Gasteiger partial charge >= 0.3 is 12.2 Å². The number of piperidine rings is 1.